The minimum Gasteiger partial charge on any atom is -0.313 e. The van der Waals surface area contributed by atoms with Crippen molar-refractivity contribution >= 4 is 0 Å². The van der Waals surface area contributed by atoms with Crippen LogP contribution in [0.3, 0.4) is 0 Å². The smallest absolute Gasteiger partial charge is 0.124 e. The van der Waals surface area contributed by atoms with Crippen LogP contribution in [-0.4, -0.2) is 13.1 Å². The second kappa shape index (κ2) is 8.50. The van der Waals surface area contributed by atoms with Gasteiger partial charge in [0.25, 0.3) is 0 Å². The van der Waals surface area contributed by atoms with E-state index >= 15 is 0 Å². The fourth-order valence-electron chi connectivity index (χ4n) is 7.43. The van der Waals surface area contributed by atoms with E-state index in [1.807, 2.05) is 6.08 Å². The Morgan fingerprint density at radius 2 is 1.87 bits per heavy atom. The summed E-state index contributed by atoms with van der Waals surface area (Å²) in [7, 11) is 0. The van der Waals surface area contributed by atoms with Crippen molar-refractivity contribution in [2.75, 3.05) is 13.1 Å². The Hall–Kier alpha value is -1.41. The first-order chi connectivity index (χ1) is 15.0. The molecule has 2 heteroatoms. The van der Waals surface area contributed by atoms with Crippen LogP contribution in [0.2, 0.25) is 0 Å². The lowest BCUT2D eigenvalue weighted by Crippen LogP contribution is -2.30. The molecule has 2 spiro atoms. The molecule has 5 rings (SSSR count). The summed E-state index contributed by atoms with van der Waals surface area (Å²) >= 11 is 0. The Morgan fingerprint density at radius 1 is 1.06 bits per heavy atom. The third kappa shape index (κ3) is 4.17. The first-order valence-corrected chi connectivity index (χ1v) is 12.9. The Kier molecular flexibility index (Phi) is 5.88. The summed E-state index contributed by atoms with van der Waals surface area (Å²) in [5.74, 6) is 1.12. The van der Waals surface area contributed by atoms with Gasteiger partial charge in [-0.2, -0.15) is 0 Å². The highest BCUT2D eigenvalue weighted by Gasteiger charge is 2.43. The quantitative estimate of drug-likeness (QED) is 0.448. The number of allylic oxidation sites excluding steroid dienone is 7. The van der Waals surface area contributed by atoms with Crippen molar-refractivity contribution in [1.29, 1.82) is 0 Å². The molecule has 0 aromatic rings. The van der Waals surface area contributed by atoms with Crippen molar-refractivity contribution in [1.82, 2.24) is 5.32 Å². The maximum absolute atomic E-state index is 14.7. The molecule has 3 atom stereocenters. The van der Waals surface area contributed by atoms with Gasteiger partial charge < -0.3 is 5.32 Å². The summed E-state index contributed by atoms with van der Waals surface area (Å²) in [6.45, 7) is 8.27. The Bertz CT molecular complexity index is 850. The molecule has 0 aliphatic heterocycles. The molecule has 0 bridgehead atoms. The Balaban J connectivity index is 1.29. The van der Waals surface area contributed by atoms with Gasteiger partial charge in [-0.1, -0.05) is 56.6 Å². The van der Waals surface area contributed by atoms with Gasteiger partial charge in [0.05, 0.1) is 0 Å². The van der Waals surface area contributed by atoms with Crippen molar-refractivity contribution in [2.45, 2.75) is 84.0 Å². The summed E-state index contributed by atoms with van der Waals surface area (Å²) in [6.07, 6.45) is 24.7. The lowest BCUT2D eigenvalue weighted by Gasteiger charge is -2.42. The number of rotatable bonds is 5. The highest BCUT2D eigenvalue weighted by Crippen LogP contribution is 2.55. The monoisotopic (exact) mass is 421 g/mol. The van der Waals surface area contributed by atoms with Crippen LogP contribution in [0.5, 0.6) is 0 Å². The molecule has 3 unspecified atom stereocenters. The van der Waals surface area contributed by atoms with Gasteiger partial charge in [0.15, 0.2) is 0 Å². The number of halogens is 1. The van der Waals surface area contributed by atoms with E-state index < -0.39 is 0 Å². The van der Waals surface area contributed by atoms with Crippen LogP contribution in [0.25, 0.3) is 0 Å². The third-order valence-corrected chi connectivity index (χ3v) is 9.06. The minimum absolute atomic E-state index is 0.00208. The fourth-order valence-corrected chi connectivity index (χ4v) is 7.43. The largest absolute Gasteiger partial charge is 0.313 e. The summed E-state index contributed by atoms with van der Waals surface area (Å²) in [4.78, 5) is 0. The van der Waals surface area contributed by atoms with Crippen LogP contribution in [0.4, 0.5) is 4.39 Å². The van der Waals surface area contributed by atoms with E-state index in [1.165, 1.54) is 56.9 Å². The van der Waals surface area contributed by atoms with Crippen LogP contribution in [0.15, 0.2) is 59.0 Å². The van der Waals surface area contributed by atoms with Gasteiger partial charge in [0.1, 0.15) is 5.83 Å². The summed E-state index contributed by atoms with van der Waals surface area (Å²) in [5, 5.41) is 3.37. The van der Waals surface area contributed by atoms with Gasteiger partial charge in [-0.15, -0.1) is 0 Å². The minimum atomic E-state index is -0.109. The maximum Gasteiger partial charge on any atom is 0.124 e. The highest BCUT2D eigenvalue weighted by atomic mass is 19.1. The number of hydrogen-bond donors (Lipinski definition) is 1. The molecule has 1 nitrogen and oxygen atoms in total. The fraction of sp³-hybridized carbons (Fsp3) is 0.655. The van der Waals surface area contributed by atoms with Gasteiger partial charge in [0, 0.05) is 17.9 Å². The highest BCUT2D eigenvalue weighted by molar-refractivity contribution is 5.48. The van der Waals surface area contributed by atoms with Crippen molar-refractivity contribution in [3.8, 4) is 0 Å². The van der Waals surface area contributed by atoms with E-state index in [0.29, 0.717) is 17.9 Å². The third-order valence-electron chi connectivity index (χ3n) is 9.06. The topological polar surface area (TPSA) is 12.0 Å². The molecular formula is C29H40FN. The molecule has 0 radical (unpaired) electrons. The van der Waals surface area contributed by atoms with E-state index in [-0.39, 0.29) is 11.2 Å². The van der Waals surface area contributed by atoms with E-state index in [0.717, 1.165) is 43.7 Å². The van der Waals surface area contributed by atoms with Crippen LogP contribution in [0.1, 0.15) is 84.0 Å². The lowest BCUT2D eigenvalue weighted by atomic mass is 9.62. The van der Waals surface area contributed by atoms with Crippen molar-refractivity contribution in [3.63, 3.8) is 0 Å². The van der Waals surface area contributed by atoms with Crippen molar-refractivity contribution in [3.05, 3.63) is 59.0 Å². The van der Waals surface area contributed by atoms with E-state index in [2.05, 4.69) is 37.0 Å². The average molecular weight is 422 g/mol. The van der Waals surface area contributed by atoms with Gasteiger partial charge in [-0.05, 0) is 98.5 Å². The predicted octanol–water partition coefficient (Wildman–Crippen LogP) is 7.74. The normalized spacial score (nSPS) is 34.5. The maximum atomic E-state index is 14.7. The first kappa shape index (κ1) is 21.4. The molecule has 0 amide bonds. The SMILES string of the molecule is C=C1C=C(C2CCCC3(CCCC3)C2)C=C2CCC3(C=C(F)C(CNCCC)=C3)CC12. The number of fused-ring (bicyclic) bond motifs is 1. The molecule has 0 aromatic carbocycles. The second-order valence-corrected chi connectivity index (χ2v) is 11.3. The Morgan fingerprint density at radius 3 is 2.68 bits per heavy atom. The Labute approximate surface area is 188 Å². The summed E-state index contributed by atoms with van der Waals surface area (Å²) < 4.78 is 14.7. The summed E-state index contributed by atoms with van der Waals surface area (Å²) in [6, 6.07) is 0. The molecular weight excluding hydrogens is 381 g/mol. The average Bonchev–Trinajstić information content (AvgIpc) is 3.33. The van der Waals surface area contributed by atoms with Gasteiger partial charge in [-0.3, -0.25) is 0 Å². The lowest BCUT2D eigenvalue weighted by molar-refractivity contribution is 0.161. The van der Waals surface area contributed by atoms with Crippen LogP contribution < -0.4 is 5.32 Å². The molecule has 1 N–H and O–H groups in total. The first-order valence-electron chi connectivity index (χ1n) is 12.9. The zero-order valence-corrected chi connectivity index (χ0v) is 19.4. The molecule has 168 valence electrons. The predicted molar refractivity (Wildman–Crippen MR) is 128 cm³/mol. The molecule has 5 aliphatic carbocycles. The van der Waals surface area contributed by atoms with Crippen LogP contribution in [0, 0.1) is 22.7 Å². The van der Waals surface area contributed by atoms with E-state index in [9.17, 15) is 4.39 Å². The number of hydrogen-bond acceptors (Lipinski definition) is 1. The standard InChI is InChI=1S/C29H40FN/c1-3-13-31-20-25-17-29(19-27(25)30)12-8-22-15-24(14-21(2)26(22)18-29)23-7-6-11-28(16-23)9-4-5-10-28/h14-15,17,19,23,26,31H,2-13,16,18,20H2,1H3. The molecule has 0 heterocycles. The molecule has 0 saturated heterocycles. The van der Waals surface area contributed by atoms with E-state index in [4.69, 9.17) is 0 Å². The van der Waals surface area contributed by atoms with E-state index in [1.54, 1.807) is 11.1 Å². The van der Waals surface area contributed by atoms with Gasteiger partial charge >= 0.3 is 0 Å². The second-order valence-electron chi connectivity index (χ2n) is 11.3. The molecule has 5 aliphatic rings. The van der Waals surface area contributed by atoms with Crippen molar-refractivity contribution < 1.29 is 4.39 Å². The molecule has 31 heavy (non-hydrogen) atoms. The number of nitrogens with one attached hydrogen (secondary N) is 1. The van der Waals surface area contributed by atoms with Crippen molar-refractivity contribution in [2.24, 2.45) is 22.7 Å². The molecule has 3 fully saturated rings. The van der Waals surface area contributed by atoms with Crippen LogP contribution >= 0.6 is 0 Å². The zero-order chi connectivity index (χ0) is 21.5. The van der Waals surface area contributed by atoms with Crippen LogP contribution in [-0.2, 0) is 0 Å². The van der Waals surface area contributed by atoms with Gasteiger partial charge in [0.2, 0.25) is 0 Å². The molecule has 3 saturated carbocycles. The molecule has 0 aromatic heterocycles. The zero-order valence-electron chi connectivity index (χ0n) is 19.4. The van der Waals surface area contributed by atoms with Gasteiger partial charge in [-0.25, -0.2) is 4.39 Å². The summed E-state index contributed by atoms with van der Waals surface area (Å²) in [5.41, 5.74) is 5.81.